The number of nitrogens with two attached hydrogens (primary N) is 1. The maximum atomic E-state index is 12.7. The molecule has 0 bridgehead atoms. The molecule has 4 N–H and O–H groups in total. The number of aliphatic hydroxyl groups is 1. The lowest BCUT2D eigenvalue weighted by atomic mass is 9.98. The van der Waals surface area contributed by atoms with E-state index in [9.17, 15) is 14.7 Å². The Balaban J connectivity index is 1.74. The number of halogens is 1. The number of amides is 2. The molecule has 1 aliphatic rings. The molecule has 7 nitrogen and oxygen atoms in total. The van der Waals surface area contributed by atoms with Crippen molar-refractivity contribution in [1.82, 2.24) is 15.1 Å². The van der Waals surface area contributed by atoms with Gasteiger partial charge in [-0.15, -0.1) is 0 Å². The van der Waals surface area contributed by atoms with Crippen molar-refractivity contribution in [2.75, 3.05) is 0 Å². The third kappa shape index (κ3) is 5.11. The zero-order chi connectivity index (χ0) is 20.1. The molecule has 150 valence electrons. The van der Waals surface area contributed by atoms with E-state index < -0.39 is 18.0 Å². The fraction of sp³-hybridized carbons (Fsp3) is 0.450. The van der Waals surface area contributed by atoms with Crippen molar-refractivity contribution in [3.05, 3.63) is 41.0 Å². The van der Waals surface area contributed by atoms with E-state index in [-0.39, 0.29) is 18.0 Å². The first kappa shape index (κ1) is 20.4. The maximum Gasteiger partial charge on any atom is 0.254 e. The number of benzene rings is 1. The van der Waals surface area contributed by atoms with Crippen LogP contribution in [0, 0.1) is 5.92 Å². The lowest BCUT2D eigenvalue weighted by molar-refractivity contribution is -0.118. The van der Waals surface area contributed by atoms with Gasteiger partial charge in [-0.05, 0) is 31.0 Å². The summed E-state index contributed by atoms with van der Waals surface area (Å²) in [6.07, 6.45) is 7.06. The Kier molecular flexibility index (Phi) is 6.70. The number of hydrogen-bond donors (Lipinski definition) is 3. The molecule has 1 unspecified atom stereocenters. The highest BCUT2D eigenvalue weighted by Crippen LogP contribution is 2.27. The Bertz CT molecular complexity index is 844. The van der Waals surface area contributed by atoms with Crippen LogP contribution in [0.15, 0.2) is 30.5 Å². The Morgan fingerprint density at radius 2 is 1.96 bits per heavy atom. The number of aromatic nitrogens is 2. The third-order valence-electron chi connectivity index (χ3n) is 5.09. The standard InChI is InChI=1S/C20H25ClN4O3/c21-16-8-7-14(17-9-10-25(24-17)12-18(22)26)11-15(16)20(28)23-19(27)13-5-3-1-2-4-6-13/h7-11,13,19,27H,1-6,12H2,(H2,22,26)(H,23,28). The molecule has 1 heterocycles. The number of aliphatic hydroxyl groups excluding tert-OH is 1. The van der Waals surface area contributed by atoms with Gasteiger partial charge < -0.3 is 16.2 Å². The maximum absolute atomic E-state index is 12.7. The molecular weight excluding hydrogens is 380 g/mol. The van der Waals surface area contributed by atoms with Gasteiger partial charge in [0.05, 0.1) is 16.3 Å². The molecule has 0 saturated heterocycles. The van der Waals surface area contributed by atoms with E-state index >= 15 is 0 Å². The van der Waals surface area contributed by atoms with Gasteiger partial charge in [0, 0.05) is 17.7 Å². The average molecular weight is 405 g/mol. The molecular formula is C20H25ClN4O3. The van der Waals surface area contributed by atoms with Gasteiger partial charge in [-0.1, -0.05) is 43.4 Å². The summed E-state index contributed by atoms with van der Waals surface area (Å²) in [5.74, 6) is -0.837. The number of hydrogen-bond acceptors (Lipinski definition) is 4. The van der Waals surface area contributed by atoms with Crippen LogP contribution in [-0.4, -0.2) is 32.9 Å². The van der Waals surface area contributed by atoms with Crippen molar-refractivity contribution >= 4 is 23.4 Å². The fourth-order valence-corrected chi connectivity index (χ4v) is 3.78. The third-order valence-corrected chi connectivity index (χ3v) is 5.42. The molecule has 2 amide bonds. The number of carbonyl (C=O) groups excluding carboxylic acids is 2. The summed E-state index contributed by atoms with van der Waals surface area (Å²) in [6, 6.07) is 6.73. The molecule has 1 aromatic heterocycles. The molecule has 2 aromatic rings. The van der Waals surface area contributed by atoms with Gasteiger partial charge in [-0.2, -0.15) is 5.10 Å². The number of primary amides is 1. The lowest BCUT2D eigenvalue weighted by Gasteiger charge is -2.22. The Hall–Kier alpha value is -2.38. The molecule has 1 fully saturated rings. The van der Waals surface area contributed by atoms with Gasteiger partial charge in [-0.25, -0.2) is 0 Å². The van der Waals surface area contributed by atoms with Gasteiger partial charge in [0.1, 0.15) is 12.8 Å². The van der Waals surface area contributed by atoms with Gasteiger partial charge in [-0.3, -0.25) is 14.3 Å². The zero-order valence-electron chi connectivity index (χ0n) is 15.6. The predicted molar refractivity (Wildman–Crippen MR) is 107 cm³/mol. The predicted octanol–water partition coefficient (Wildman–Crippen LogP) is 2.71. The second-order valence-corrected chi connectivity index (χ2v) is 7.64. The Labute approximate surface area is 168 Å². The van der Waals surface area contributed by atoms with Crippen LogP contribution in [0.2, 0.25) is 5.02 Å². The number of carbonyl (C=O) groups is 2. The summed E-state index contributed by atoms with van der Waals surface area (Å²) in [5.41, 5.74) is 6.73. The van der Waals surface area contributed by atoms with Crippen LogP contribution in [0.4, 0.5) is 0 Å². The van der Waals surface area contributed by atoms with Crippen LogP contribution in [-0.2, 0) is 11.3 Å². The second-order valence-electron chi connectivity index (χ2n) is 7.23. The first-order valence-electron chi connectivity index (χ1n) is 9.54. The van der Waals surface area contributed by atoms with Crippen LogP contribution in [0.25, 0.3) is 11.3 Å². The van der Waals surface area contributed by atoms with E-state index in [0.29, 0.717) is 16.3 Å². The molecule has 0 radical (unpaired) electrons. The largest absolute Gasteiger partial charge is 0.373 e. The highest BCUT2D eigenvalue weighted by Gasteiger charge is 2.23. The Morgan fingerprint density at radius 1 is 1.25 bits per heavy atom. The summed E-state index contributed by atoms with van der Waals surface area (Å²) in [5, 5.41) is 17.7. The summed E-state index contributed by atoms with van der Waals surface area (Å²) in [7, 11) is 0. The van der Waals surface area contributed by atoms with Crippen molar-refractivity contribution in [3.63, 3.8) is 0 Å². The van der Waals surface area contributed by atoms with Crippen molar-refractivity contribution in [2.24, 2.45) is 11.7 Å². The molecule has 1 atom stereocenters. The first-order chi connectivity index (χ1) is 13.4. The van der Waals surface area contributed by atoms with E-state index in [1.54, 1.807) is 30.5 Å². The molecule has 1 saturated carbocycles. The number of nitrogens with zero attached hydrogens (tertiary/aromatic N) is 2. The SMILES string of the molecule is NC(=O)Cn1ccc(-c2ccc(Cl)c(C(=O)NC(O)C3CCCCCC3)c2)n1. The number of rotatable bonds is 6. The van der Waals surface area contributed by atoms with Crippen LogP contribution in [0.3, 0.4) is 0 Å². The zero-order valence-corrected chi connectivity index (χ0v) is 16.4. The smallest absolute Gasteiger partial charge is 0.254 e. The van der Waals surface area contributed by atoms with Gasteiger partial charge in [0.25, 0.3) is 5.91 Å². The van der Waals surface area contributed by atoms with Crippen molar-refractivity contribution in [3.8, 4) is 11.3 Å². The van der Waals surface area contributed by atoms with Gasteiger partial charge in [0.15, 0.2) is 0 Å². The lowest BCUT2D eigenvalue weighted by Crippen LogP contribution is -2.40. The summed E-state index contributed by atoms with van der Waals surface area (Å²) in [6.45, 7) is -0.0193. The van der Waals surface area contributed by atoms with Crippen LogP contribution >= 0.6 is 11.6 Å². The van der Waals surface area contributed by atoms with Crippen molar-refractivity contribution in [1.29, 1.82) is 0 Å². The van der Waals surface area contributed by atoms with Gasteiger partial charge in [0.2, 0.25) is 5.91 Å². The minimum absolute atomic E-state index is 0.0193. The molecule has 0 spiro atoms. The van der Waals surface area contributed by atoms with Crippen LogP contribution in [0.5, 0.6) is 0 Å². The van der Waals surface area contributed by atoms with E-state index in [1.807, 2.05) is 0 Å². The van der Waals surface area contributed by atoms with E-state index in [1.165, 1.54) is 17.5 Å². The second kappa shape index (κ2) is 9.21. The molecule has 1 aromatic carbocycles. The van der Waals surface area contributed by atoms with Gasteiger partial charge >= 0.3 is 0 Å². The quantitative estimate of drug-likeness (QED) is 0.507. The number of nitrogens with one attached hydrogen (secondary N) is 1. The minimum Gasteiger partial charge on any atom is -0.373 e. The highest BCUT2D eigenvalue weighted by molar-refractivity contribution is 6.34. The highest BCUT2D eigenvalue weighted by atomic mass is 35.5. The fourth-order valence-electron chi connectivity index (χ4n) is 3.58. The topological polar surface area (TPSA) is 110 Å². The van der Waals surface area contributed by atoms with Crippen molar-refractivity contribution < 1.29 is 14.7 Å². The molecule has 28 heavy (non-hydrogen) atoms. The summed E-state index contributed by atoms with van der Waals surface area (Å²) in [4.78, 5) is 23.7. The Morgan fingerprint density at radius 3 is 2.64 bits per heavy atom. The van der Waals surface area contributed by atoms with E-state index in [0.717, 1.165) is 25.7 Å². The summed E-state index contributed by atoms with van der Waals surface area (Å²) >= 11 is 6.22. The van der Waals surface area contributed by atoms with Crippen LogP contribution in [0.1, 0.15) is 48.9 Å². The monoisotopic (exact) mass is 404 g/mol. The molecule has 3 rings (SSSR count). The summed E-state index contributed by atoms with van der Waals surface area (Å²) < 4.78 is 1.43. The average Bonchev–Trinajstić information content (AvgIpc) is 2.93. The molecule has 1 aliphatic carbocycles. The normalized spacial score (nSPS) is 16.4. The van der Waals surface area contributed by atoms with E-state index in [4.69, 9.17) is 17.3 Å². The molecule has 0 aliphatic heterocycles. The minimum atomic E-state index is -0.889. The molecule has 8 heteroatoms. The van der Waals surface area contributed by atoms with Crippen LogP contribution < -0.4 is 11.1 Å². The van der Waals surface area contributed by atoms with E-state index in [2.05, 4.69) is 10.4 Å². The van der Waals surface area contributed by atoms with Crippen molar-refractivity contribution in [2.45, 2.75) is 51.3 Å². The first-order valence-corrected chi connectivity index (χ1v) is 9.92.